The minimum Gasteiger partial charge on any atom is -0.366 e. The summed E-state index contributed by atoms with van der Waals surface area (Å²) < 4.78 is 0. The Labute approximate surface area is 175 Å². The number of H-pyrrole nitrogens is 1. The second-order valence-corrected chi connectivity index (χ2v) is 6.02. The number of hydrogen-bond acceptors (Lipinski definition) is 2. The lowest BCUT2D eigenvalue weighted by Crippen LogP contribution is -2.37. The first kappa shape index (κ1) is 20.8. The van der Waals surface area contributed by atoms with E-state index in [-0.39, 0.29) is 24.0 Å². The van der Waals surface area contributed by atoms with Crippen molar-refractivity contribution in [2.45, 2.75) is 13.0 Å². The number of aromatic amines is 1. The van der Waals surface area contributed by atoms with Gasteiger partial charge in [0.1, 0.15) is 0 Å². The summed E-state index contributed by atoms with van der Waals surface area (Å²) in [5, 5.41) is 7.85. The Morgan fingerprint density at radius 3 is 2.56 bits per heavy atom. The molecular weight excluding hydrogens is 453 g/mol. The number of aromatic nitrogens is 1. The zero-order valence-electron chi connectivity index (χ0n) is 15.2. The van der Waals surface area contributed by atoms with Crippen molar-refractivity contribution in [3.63, 3.8) is 0 Å². The predicted octanol–water partition coefficient (Wildman–Crippen LogP) is 2.79. The fraction of sp³-hybridized carbons (Fsp3) is 0.200. The van der Waals surface area contributed by atoms with Crippen molar-refractivity contribution in [1.29, 1.82) is 0 Å². The Morgan fingerprint density at radius 1 is 1.11 bits per heavy atom. The fourth-order valence-electron chi connectivity index (χ4n) is 2.85. The molecule has 0 fully saturated rings. The number of halogens is 1. The first-order valence-corrected chi connectivity index (χ1v) is 8.55. The molecule has 1 aromatic heterocycles. The molecule has 142 valence electrons. The van der Waals surface area contributed by atoms with Crippen molar-refractivity contribution in [1.82, 2.24) is 15.6 Å². The number of nitrogens with zero attached hydrogens (tertiary/aromatic N) is 1. The first-order valence-electron chi connectivity index (χ1n) is 8.55. The number of carbonyl (C=O) groups excluding carboxylic acids is 1. The molecule has 27 heavy (non-hydrogen) atoms. The number of primary amides is 1. The van der Waals surface area contributed by atoms with E-state index in [1.54, 1.807) is 19.2 Å². The highest BCUT2D eigenvalue weighted by Crippen LogP contribution is 2.17. The Bertz CT molecular complexity index is 918. The van der Waals surface area contributed by atoms with Gasteiger partial charge in [-0.1, -0.05) is 30.3 Å². The van der Waals surface area contributed by atoms with Gasteiger partial charge in [0.25, 0.3) is 0 Å². The summed E-state index contributed by atoms with van der Waals surface area (Å²) in [4.78, 5) is 18.6. The summed E-state index contributed by atoms with van der Waals surface area (Å²) in [5.41, 5.74) is 9.25. The van der Waals surface area contributed by atoms with Gasteiger partial charge in [-0.25, -0.2) is 0 Å². The van der Waals surface area contributed by atoms with E-state index in [9.17, 15) is 4.79 Å². The van der Waals surface area contributed by atoms with E-state index in [4.69, 9.17) is 5.73 Å². The van der Waals surface area contributed by atoms with Gasteiger partial charge in [-0.2, -0.15) is 0 Å². The van der Waals surface area contributed by atoms with Crippen molar-refractivity contribution in [3.05, 3.63) is 71.4 Å². The molecule has 0 bridgehead atoms. The minimum atomic E-state index is -0.417. The molecule has 0 saturated heterocycles. The summed E-state index contributed by atoms with van der Waals surface area (Å²) in [7, 11) is 1.75. The van der Waals surface area contributed by atoms with Gasteiger partial charge in [-0.3, -0.25) is 9.79 Å². The maximum atomic E-state index is 11.1. The van der Waals surface area contributed by atoms with E-state index in [0.29, 0.717) is 12.1 Å². The second kappa shape index (κ2) is 9.96. The van der Waals surface area contributed by atoms with E-state index in [2.05, 4.69) is 45.0 Å². The normalized spacial score (nSPS) is 11.1. The summed E-state index contributed by atoms with van der Waals surface area (Å²) in [6.45, 7) is 1.40. The molecule has 0 saturated carbocycles. The smallest absolute Gasteiger partial charge is 0.248 e. The maximum absolute atomic E-state index is 11.1. The highest BCUT2D eigenvalue weighted by atomic mass is 127. The van der Waals surface area contributed by atoms with Gasteiger partial charge in [0.15, 0.2) is 5.96 Å². The van der Waals surface area contributed by atoms with Gasteiger partial charge in [0.05, 0.1) is 0 Å². The summed E-state index contributed by atoms with van der Waals surface area (Å²) in [6, 6.07) is 15.5. The van der Waals surface area contributed by atoms with Gasteiger partial charge in [0, 0.05) is 42.8 Å². The molecule has 1 heterocycles. The van der Waals surface area contributed by atoms with Gasteiger partial charge >= 0.3 is 0 Å². The van der Waals surface area contributed by atoms with Crippen LogP contribution < -0.4 is 16.4 Å². The quantitative estimate of drug-likeness (QED) is 0.250. The van der Waals surface area contributed by atoms with E-state index in [0.717, 1.165) is 30.0 Å². The molecular formula is C20H24IN5O. The molecule has 0 atom stereocenters. The molecule has 5 N–H and O–H groups in total. The molecule has 2 aromatic carbocycles. The molecule has 0 aliphatic heterocycles. The van der Waals surface area contributed by atoms with Crippen molar-refractivity contribution in [2.75, 3.05) is 13.6 Å². The van der Waals surface area contributed by atoms with Gasteiger partial charge in [0.2, 0.25) is 5.91 Å². The first-order chi connectivity index (χ1) is 12.7. The van der Waals surface area contributed by atoms with Crippen LogP contribution in [0.25, 0.3) is 10.9 Å². The number of nitrogens with two attached hydrogens (primary N) is 1. The molecule has 0 aliphatic rings. The third-order valence-electron chi connectivity index (χ3n) is 4.28. The minimum absolute atomic E-state index is 0. The fourth-order valence-corrected chi connectivity index (χ4v) is 2.85. The number of para-hydroxylation sites is 1. The molecule has 0 unspecified atom stereocenters. The van der Waals surface area contributed by atoms with Crippen LogP contribution in [0.2, 0.25) is 0 Å². The Morgan fingerprint density at radius 2 is 1.85 bits per heavy atom. The highest BCUT2D eigenvalue weighted by molar-refractivity contribution is 14.0. The van der Waals surface area contributed by atoms with Crippen LogP contribution in [0.4, 0.5) is 0 Å². The standard InChI is InChI=1S/C20H23N5O.HI/c1-22-20(25-12-14-6-8-15(9-7-14)19(21)26)23-11-10-16-13-24-18-5-3-2-4-17(16)18;/h2-9,13,24H,10-12H2,1H3,(H2,21,26)(H2,22,23,25);1H. The lowest BCUT2D eigenvalue weighted by molar-refractivity contribution is 0.100. The number of hydrogen-bond donors (Lipinski definition) is 4. The lowest BCUT2D eigenvalue weighted by atomic mass is 10.1. The van der Waals surface area contributed by atoms with Crippen molar-refractivity contribution < 1.29 is 4.79 Å². The number of rotatable bonds is 6. The van der Waals surface area contributed by atoms with Crippen LogP contribution in [0, 0.1) is 0 Å². The van der Waals surface area contributed by atoms with E-state index in [1.165, 1.54) is 10.9 Å². The average Bonchev–Trinajstić information content (AvgIpc) is 3.08. The summed E-state index contributed by atoms with van der Waals surface area (Å²) in [6.07, 6.45) is 2.96. The number of fused-ring (bicyclic) bond motifs is 1. The SMILES string of the molecule is CN=C(NCCc1c[nH]c2ccccc12)NCc1ccc(C(N)=O)cc1.I. The Kier molecular flexibility index (Phi) is 7.66. The molecule has 0 radical (unpaired) electrons. The van der Waals surface area contributed by atoms with E-state index < -0.39 is 5.91 Å². The zero-order chi connectivity index (χ0) is 18.4. The highest BCUT2D eigenvalue weighted by Gasteiger charge is 2.04. The van der Waals surface area contributed by atoms with Gasteiger partial charge in [-0.05, 0) is 35.7 Å². The van der Waals surface area contributed by atoms with Crippen LogP contribution >= 0.6 is 24.0 Å². The molecule has 7 heteroatoms. The van der Waals surface area contributed by atoms with Crippen molar-refractivity contribution in [3.8, 4) is 0 Å². The third kappa shape index (κ3) is 5.46. The number of guanidine groups is 1. The molecule has 0 spiro atoms. The number of amides is 1. The number of nitrogens with one attached hydrogen (secondary N) is 3. The average molecular weight is 477 g/mol. The topological polar surface area (TPSA) is 95.3 Å². The van der Waals surface area contributed by atoms with Gasteiger partial charge in [-0.15, -0.1) is 24.0 Å². The monoisotopic (exact) mass is 477 g/mol. The van der Waals surface area contributed by atoms with Crippen LogP contribution in [0.5, 0.6) is 0 Å². The third-order valence-corrected chi connectivity index (χ3v) is 4.28. The molecule has 1 amide bonds. The molecule has 0 aliphatic carbocycles. The number of aliphatic imine (C=N–C) groups is 1. The number of benzene rings is 2. The van der Waals surface area contributed by atoms with Crippen molar-refractivity contribution in [2.24, 2.45) is 10.7 Å². The van der Waals surface area contributed by atoms with E-state index >= 15 is 0 Å². The summed E-state index contributed by atoms with van der Waals surface area (Å²) >= 11 is 0. The Balaban J connectivity index is 0.00000261. The number of carbonyl (C=O) groups is 1. The van der Waals surface area contributed by atoms with Crippen LogP contribution in [0.3, 0.4) is 0 Å². The molecule has 3 rings (SSSR count). The van der Waals surface area contributed by atoms with Gasteiger partial charge < -0.3 is 21.4 Å². The maximum Gasteiger partial charge on any atom is 0.248 e. The largest absolute Gasteiger partial charge is 0.366 e. The van der Waals surface area contributed by atoms with Crippen LogP contribution in [-0.4, -0.2) is 30.4 Å². The Hall–Kier alpha value is -2.55. The second-order valence-electron chi connectivity index (χ2n) is 6.02. The van der Waals surface area contributed by atoms with Crippen LogP contribution in [0.15, 0.2) is 59.7 Å². The molecule has 6 nitrogen and oxygen atoms in total. The molecule has 3 aromatic rings. The van der Waals surface area contributed by atoms with Crippen LogP contribution in [-0.2, 0) is 13.0 Å². The van der Waals surface area contributed by atoms with E-state index in [1.807, 2.05) is 18.2 Å². The summed E-state index contributed by atoms with van der Waals surface area (Å²) in [5.74, 6) is 0.322. The van der Waals surface area contributed by atoms with Crippen molar-refractivity contribution >= 4 is 46.7 Å². The zero-order valence-corrected chi connectivity index (χ0v) is 17.5. The predicted molar refractivity (Wildman–Crippen MR) is 121 cm³/mol. The van der Waals surface area contributed by atoms with Crippen LogP contribution in [0.1, 0.15) is 21.5 Å². The lowest BCUT2D eigenvalue weighted by Gasteiger charge is -2.12.